The molecule has 0 aromatic carbocycles. The molecule has 1 heterocycles. The van der Waals surface area contributed by atoms with Crippen molar-refractivity contribution in [1.82, 2.24) is 5.32 Å². The molecule has 9 nitrogen and oxygen atoms in total. The highest BCUT2D eigenvalue weighted by molar-refractivity contribution is 5.05. The molecule has 2 fully saturated rings. The van der Waals surface area contributed by atoms with Gasteiger partial charge in [-0.3, -0.25) is 0 Å². The predicted octanol–water partition coefficient (Wildman–Crippen LogP) is -3.17. The van der Waals surface area contributed by atoms with E-state index >= 15 is 0 Å². The van der Waals surface area contributed by atoms with Crippen LogP contribution in [0.3, 0.4) is 0 Å². The topological polar surface area (TPSA) is 158 Å². The smallest absolute Gasteiger partial charge is 0.173 e. The van der Waals surface area contributed by atoms with Gasteiger partial charge in [0.1, 0.15) is 12.2 Å². The number of hydrogen-bond donors (Lipinski definition) is 6. The Morgan fingerprint density at radius 2 is 1.87 bits per heavy atom. The van der Waals surface area contributed by atoms with E-state index in [1.165, 1.54) is 7.11 Å². The van der Waals surface area contributed by atoms with Crippen molar-refractivity contribution < 1.29 is 24.4 Å². The average molecular weight is 334 g/mol. The van der Waals surface area contributed by atoms with E-state index in [4.69, 9.17) is 31.4 Å². The van der Waals surface area contributed by atoms with Crippen LogP contribution in [0.25, 0.3) is 0 Å². The summed E-state index contributed by atoms with van der Waals surface area (Å²) in [7, 11) is 3.14. The lowest BCUT2D eigenvalue weighted by atomic mass is 9.81. The summed E-state index contributed by atoms with van der Waals surface area (Å²) in [5.41, 5.74) is 17.7. The van der Waals surface area contributed by atoms with Crippen molar-refractivity contribution in [1.29, 1.82) is 0 Å². The molecule has 136 valence electrons. The maximum absolute atomic E-state index is 10.6. The lowest BCUT2D eigenvalue weighted by molar-refractivity contribution is -0.259. The molecular formula is C14H30N4O5. The first-order chi connectivity index (χ1) is 10.9. The molecule has 9 heteroatoms. The normalized spacial score (nSPS) is 48.4. The van der Waals surface area contributed by atoms with E-state index in [-0.39, 0.29) is 12.1 Å². The fourth-order valence-electron chi connectivity index (χ4n) is 3.38. The zero-order chi connectivity index (χ0) is 17.1. The summed E-state index contributed by atoms with van der Waals surface area (Å²) < 4.78 is 16.9. The molecule has 23 heavy (non-hydrogen) atoms. The molecule has 0 bridgehead atoms. The van der Waals surface area contributed by atoms with Crippen molar-refractivity contribution in [3.8, 4) is 0 Å². The molecule has 0 spiro atoms. The van der Waals surface area contributed by atoms with Gasteiger partial charge >= 0.3 is 0 Å². The quantitative estimate of drug-likeness (QED) is 0.305. The lowest BCUT2D eigenvalue weighted by Gasteiger charge is -2.47. The van der Waals surface area contributed by atoms with Gasteiger partial charge < -0.3 is 46.9 Å². The Morgan fingerprint density at radius 3 is 2.43 bits per heavy atom. The second-order valence-electron chi connectivity index (χ2n) is 6.28. The van der Waals surface area contributed by atoms with Crippen LogP contribution in [-0.4, -0.2) is 85.9 Å². The van der Waals surface area contributed by atoms with Gasteiger partial charge in [0.2, 0.25) is 0 Å². The number of hydrogen-bond acceptors (Lipinski definition) is 9. The lowest BCUT2D eigenvalue weighted by Crippen LogP contribution is -2.71. The predicted molar refractivity (Wildman–Crippen MR) is 83.4 cm³/mol. The fraction of sp³-hybridized carbons (Fsp3) is 1.00. The molecule has 2 rings (SSSR count). The van der Waals surface area contributed by atoms with E-state index in [0.717, 1.165) is 6.42 Å². The number of ether oxygens (including phenoxy) is 3. The molecule has 1 aliphatic heterocycles. The van der Waals surface area contributed by atoms with Crippen molar-refractivity contribution in [3.63, 3.8) is 0 Å². The van der Waals surface area contributed by atoms with Crippen LogP contribution in [0, 0.1) is 0 Å². The van der Waals surface area contributed by atoms with Crippen LogP contribution in [-0.2, 0) is 14.2 Å². The largest absolute Gasteiger partial charge is 0.389 e. The third kappa shape index (κ3) is 3.84. The molecule has 0 unspecified atom stereocenters. The number of nitrogens with one attached hydrogen (secondary N) is 1. The molecule has 0 radical (unpaired) electrons. The second kappa shape index (κ2) is 8.15. The summed E-state index contributed by atoms with van der Waals surface area (Å²) in [5, 5.41) is 23.9. The Hall–Kier alpha value is -0.360. The van der Waals surface area contributed by atoms with Gasteiger partial charge in [-0.25, -0.2) is 0 Å². The fourth-order valence-corrected chi connectivity index (χ4v) is 3.38. The Balaban J connectivity index is 2.10. The van der Waals surface area contributed by atoms with Crippen LogP contribution in [0.4, 0.5) is 0 Å². The molecular weight excluding hydrogens is 304 g/mol. The zero-order valence-electron chi connectivity index (χ0n) is 13.7. The van der Waals surface area contributed by atoms with Gasteiger partial charge in [0.15, 0.2) is 6.29 Å². The minimum Gasteiger partial charge on any atom is -0.389 e. The number of aliphatic hydroxyl groups is 2. The second-order valence-corrected chi connectivity index (χ2v) is 6.28. The summed E-state index contributed by atoms with van der Waals surface area (Å²) in [5.74, 6) is 0. The first kappa shape index (κ1) is 19.0. The third-order valence-electron chi connectivity index (χ3n) is 4.83. The number of aliphatic hydroxyl groups excluding tert-OH is 2. The highest BCUT2D eigenvalue weighted by Gasteiger charge is 2.50. The standard InChI is InChI=1S/C14H30N4O5/c1-18-9-11(20)12(8(17)10(19)13(9)21-2)23-14-7(16)4-3-6(5-15)22-14/h6-14,18-20H,3-5,15-17H2,1-2H3/t6-,7+,8-,9+,10+,11+,12+,13+,14+/m1/s1. The van der Waals surface area contributed by atoms with E-state index in [1.54, 1.807) is 7.05 Å². The summed E-state index contributed by atoms with van der Waals surface area (Å²) in [6, 6.07) is -1.68. The summed E-state index contributed by atoms with van der Waals surface area (Å²) in [6.45, 7) is 0.374. The Kier molecular flexibility index (Phi) is 6.72. The van der Waals surface area contributed by atoms with E-state index in [1.807, 2.05) is 0 Å². The van der Waals surface area contributed by atoms with E-state index < -0.39 is 42.8 Å². The van der Waals surface area contributed by atoms with Crippen molar-refractivity contribution in [2.75, 3.05) is 20.7 Å². The van der Waals surface area contributed by atoms with Crippen LogP contribution >= 0.6 is 0 Å². The minimum atomic E-state index is -0.990. The Labute approximate surface area is 136 Å². The van der Waals surface area contributed by atoms with Crippen LogP contribution in [0.2, 0.25) is 0 Å². The zero-order valence-corrected chi connectivity index (χ0v) is 13.7. The SMILES string of the molecule is CN[C@H]1[C@H](O)[C@@H](O[C@@H]2O[C@@H](CN)CC[C@@H]2N)[C@H](N)[C@H](O)[C@H]1OC. The molecule has 9 atom stereocenters. The maximum atomic E-state index is 10.6. The van der Waals surface area contributed by atoms with Crippen LogP contribution < -0.4 is 22.5 Å². The van der Waals surface area contributed by atoms with E-state index in [0.29, 0.717) is 13.0 Å². The molecule has 1 aliphatic carbocycles. The van der Waals surface area contributed by atoms with Crippen molar-refractivity contribution in [3.05, 3.63) is 0 Å². The first-order valence-electron chi connectivity index (χ1n) is 8.02. The maximum Gasteiger partial charge on any atom is 0.173 e. The van der Waals surface area contributed by atoms with Crippen molar-refractivity contribution in [2.24, 2.45) is 17.2 Å². The minimum absolute atomic E-state index is 0.131. The molecule has 0 aromatic rings. The van der Waals surface area contributed by atoms with E-state index in [9.17, 15) is 10.2 Å². The number of nitrogens with two attached hydrogens (primary N) is 3. The molecule has 0 amide bonds. The molecule has 1 saturated heterocycles. The van der Waals surface area contributed by atoms with E-state index in [2.05, 4.69) is 5.32 Å². The van der Waals surface area contributed by atoms with Crippen LogP contribution in [0.1, 0.15) is 12.8 Å². The molecule has 1 saturated carbocycles. The average Bonchev–Trinajstić information content (AvgIpc) is 2.56. The third-order valence-corrected chi connectivity index (χ3v) is 4.83. The van der Waals surface area contributed by atoms with Crippen molar-refractivity contribution in [2.45, 2.75) is 67.8 Å². The summed E-state index contributed by atoms with van der Waals surface area (Å²) in [6.07, 6.45) is -2.80. The number of methoxy groups -OCH3 is 1. The summed E-state index contributed by atoms with van der Waals surface area (Å²) >= 11 is 0. The highest BCUT2D eigenvalue weighted by atomic mass is 16.7. The molecule has 2 aliphatic rings. The summed E-state index contributed by atoms with van der Waals surface area (Å²) in [4.78, 5) is 0. The van der Waals surface area contributed by atoms with Gasteiger partial charge in [-0.2, -0.15) is 0 Å². The van der Waals surface area contributed by atoms with Gasteiger partial charge in [-0.1, -0.05) is 0 Å². The van der Waals surface area contributed by atoms with Gasteiger partial charge in [-0.15, -0.1) is 0 Å². The Bertz CT molecular complexity index is 377. The van der Waals surface area contributed by atoms with Gasteiger partial charge in [-0.05, 0) is 19.9 Å². The number of rotatable bonds is 5. The molecule has 9 N–H and O–H groups in total. The van der Waals surface area contributed by atoms with Gasteiger partial charge in [0.25, 0.3) is 0 Å². The highest BCUT2D eigenvalue weighted by Crippen LogP contribution is 2.28. The van der Waals surface area contributed by atoms with Crippen LogP contribution in [0.15, 0.2) is 0 Å². The van der Waals surface area contributed by atoms with Gasteiger partial charge in [0.05, 0.1) is 36.4 Å². The molecule has 0 aromatic heterocycles. The van der Waals surface area contributed by atoms with Gasteiger partial charge in [0, 0.05) is 13.7 Å². The van der Waals surface area contributed by atoms with Crippen LogP contribution in [0.5, 0.6) is 0 Å². The monoisotopic (exact) mass is 334 g/mol. The number of likely N-dealkylation sites (N-methyl/N-ethyl adjacent to an activating group) is 1. The van der Waals surface area contributed by atoms with Crippen molar-refractivity contribution >= 4 is 0 Å². The first-order valence-corrected chi connectivity index (χ1v) is 8.02. The Morgan fingerprint density at radius 1 is 1.17 bits per heavy atom.